The van der Waals surface area contributed by atoms with Crippen LogP contribution < -0.4 is 5.73 Å². The van der Waals surface area contributed by atoms with Gasteiger partial charge in [0.25, 0.3) is 0 Å². The van der Waals surface area contributed by atoms with Crippen molar-refractivity contribution in [1.29, 1.82) is 0 Å². The van der Waals surface area contributed by atoms with Crippen LogP contribution >= 0.6 is 11.6 Å². The van der Waals surface area contributed by atoms with Gasteiger partial charge in [-0.05, 0) is 24.7 Å². The van der Waals surface area contributed by atoms with Gasteiger partial charge in [0.05, 0.1) is 22.6 Å². The van der Waals surface area contributed by atoms with Crippen molar-refractivity contribution in [3.8, 4) is 5.69 Å². The predicted molar refractivity (Wildman–Crippen MR) is 66.3 cm³/mol. The molecule has 0 amide bonds. The van der Waals surface area contributed by atoms with Gasteiger partial charge in [0.1, 0.15) is 0 Å². The zero-order valence-corrected chi connectivity index (χ0v) is 10.5. The van der Waals surface area contributed by atoms with E-state index in [2.05, 4.69) is 4.98 Å². The summed E-state index contributed by atoms with van der Waals surface area (Å²) < 4.78 is 39.6. The summed E-state index contributed by atoms with van der Waals surface area (Å²) in [5, 5.41) is 0.226. The third-order valence-electron chi connectivity index (χ3n) is 2.65. The molecule has 2 rings (SSSR count). The van der Waals surface area contributed by atoms with Crippen LogP contribution in [-0.2, 0) is 12.6 Å². The molecule has 102 valence electrons. The number of nitrogens with two attached hydrogens (primary N) is 1. The second kappa shape index (κ2) is 5.22. The highest BCUT2D eigenvalue weighted by Crippen LogP contribution is 2.33. The van der Waals surface area contributed by atoms with E-state index in [4.69, 9.17) is 17.3 Å². The third kappa shape index (κ3) is 2.90. The fourth-order valence-corrected chi connectivity index (χ4v) is 1.95. The van der Waals surface area contributed by atoms with Crippen LogP contribution in [-0.4, -0.2) is 16.1 Å². The van der Waals surface area contributed by atoms with Crippen LogP contribution in [0.5, 0.6) is 0 Å². The highest BCUT2D eigenvalue weighted by molar-refractivity contribution is 6.32. The minimum Gasteiger partial charge on any atom is -0.330 e. The molecule has 0 bridgehead atoms. The summed E-state index contributed by atoms with van der Waals surface area (Å²) in [5.41, 5.74) is 5.66. The zero-order valence-electron chi connectivity index (χ0n) is 9.78. The van der Waals surface area contributed by atoms with Gasteiger partial charge in [-0.3, -0.25) is 0 Å². The average molecular weight is 290 g/mol. The average Bonchev–Trinajstić information content (AvgIpc) is 2.77. The molecule has 0 atom stereocenters. The Bertz CT molecular complexity index is 578. The second-order valence-electron chi connectivity index (χ2n) is 3.96. The van der Waals surface area contributed by atoms with Gasteiger partial charge in [-0.15, -0.1) is 0 Å². The molecule has 2 aromatic rings. The molecule has 7 heteroatoms. The van der Waals surface area contributed by atoms with Crippen molar-refractivity contribution in [2.75, 3.05) is 6.54 Å². The number of aromatic nitrogens is 2. The highest BCUT2D eigenvalue weighted by atomic mass is 35.5. The van der Waals surface area contributed by atoms with E-state index in [-0.39, 0.29) is 10.7 Å². The van der Waals surface area contributed by atoms with Gasteiger partial charge in [-0.25, -0.2) is 4.98 Å². The van der Waals surface area contributed by atoms with E-state index in [0.29, 0.717) is 18.7 Å². The van der Waals surface area contributed by atoms with E-state index in [1.807, 2.05) is 0 Å². The summed E-state index contributed by atoms with van der Waals surface area (Å²) in [7, 11) is 0. The smallest absolute Gasteiger partial charge is 0.330 e. The number of rotatable bonds is 3. The van der Waals surface area contributed by atoms with Crippen molar-refractivity contribution in [1.82, 2.24) is 9.55 Å². The van der Waals surface area contributed by atoms with E-state index in [1.165, 1.54) is 17.0 Å². The minimum atomic E-state index is -4.41. The number of benzene rings is 1. The molecule has 1 aromatic carbocycles. The molecule has 0 aliphatic carbocycles. The molecular weight excluding hydrogens is 279 g/mol. The number of halogens is 4. The molecule has 19 heavy (non-hydrogen) atoms. The Labute approximate surface area is 112 Å². The first kappa shape index (κ1) is 13.9. The van der Waals surface area contributed by atoms with Gasteiger partial charge in [0.2, 0.25) is 0 Å². The molecule has 0 radical (unpaired) electrons. The van der Waals surface area contributed by atoms with Crippen molar-refractivity contribution >= 4 is 11.6 Å². The largest absolute Gasteiger partial charge is 0.416 e. The van der Waals surface area contributed by atoms with Gasteiger partial charge < -0.3 is 10.3 Å². The quantitative estimate of drug-likeness (QED) is 0.944. The Morgan fingerprint density at radius 2 is 2.05 bits per heavy atom. The predicted octanol–water partition coefficient (Wildman–Crippen LogP) is 3.05. The molecule has 3 nitrogen and oxygen atoms in total. The van der Waals surface area contributed by atoms with E-state index in [0.717, 1.165) is 12.1 Å². The lowest BCUT2D eigenvalue weighted by Crippen LogP contribution is -2.10. The van der Waals surface area contributed by atoms with Crippen LogP contribution in [0.3, 0.4) is 0 Å². The monoisotopic (exact) mass is 289 g/mol. The van der Waals surface area contributed by atoms with E-state index >= 15 is 0 Å². The Morgan fingerprint density at radius 1 is 1.32 bits per heavy atom. The van der Waals surface area contributed by atoms with Crippen molar-refractivity contribution in [2.24, 2.45) is 5.73 Å². The second-order valence-corrected chi connectivity index (χ2v) is 4.36. The molecule has 0 aliphatic heterocycles. The molecule has 0 spiro atoms. The fourth-order valence-electron chi connectivity index (χ4n) is 1.75. The summed E-state index contributed by atoms with van der Waals surface area (Å²) in [5.74, 6) is 0. The maximum absolute atomic E-state index is 12.7. The molecule has 0 saturated heterocycles. The van der Waals surface area contributed by atoms with Gasteiger partial charge in [0, 0.05) is 18.3 Å². The molecule has 0 fully saturated rings. The van der Waals surface area contributed by atoms with Crippen molar-refractivity contribution in [3.05, 3.63) is 47.0 Å². The number of hydrogen-bond donors (Lipinski definition) is 1. The van der Waals surface area contributed by atoms with E-state index in [9.17, 15) is 13.2 Å². The molecule has 0 aliphatic rings. The normalized spacial score (nSPS) is 11.8. The number of hydrogen-bond acceptors (Lipinski definition) is 2. The number of imidazole rings is 1. The van der Waals surface area contributed by atoms with Gasteiger partial charge in [0.15, 0.2) is 0 Å². The molecule has 1 heterocycles. The standard InChI is InChI=1S/C12H11ClF3N3/c13-10-2-1-8(12(14,15)16)5-11(10)19-7-18-6-9(19)3-4-17/h1-2,5-7H,3-4,17H2. The molecule has 2 N–H and O–H groups in total. The highest BCUT2D eigenvalue weighted by Gasteiger charge is 2.31. The summed E-state index contributed by atoms with van der Waals surface area (Å²) in [6.45, 7) is 0.377. The minimum absolute atomic E-state index is 0.226. The lowest BCUT2D eigenvalue weighted by atomic mass is 10.2. The summed E-state index contributed by atoms with van der Waals surface area (Å²) in [6, 6.07) is 3.18. The lowest BCUT2D eigenvalue weighted by molar-refractivity contribution is -0.137. The van der Waals surface area contributed by atoms with Crippen molar-refractivity contribution in [2.45, 2.75) is 12.6 Å². The Kier molecular flexibility index (Phi) is 3.82. The SMILES string of the molecule is NCCc1cncn1-c1cc(C(F)(F)F)ccc1Cl. The third-order valence-corrected chi connectivity index (χ3v) is 2.97. The molecule has 0 unspecified atom stereocenters. The fraction of sp³-hybridized carbons (Fsp3) is 0.250. The Balaban J connectivity index is 2.52. The van der Waals surface area contributed by atoms with Gasteiger partial charge in [-0.2, -0.15) is 13.2 Å². The van der Waals surface area contributed by atoms with E-state index in [1.54, 1.807) is 6.20 Å². The topological polar surface area (TPSA) is 43.8 Å². The zero-order chi connectivity index (χ0) is 14.0. The van der Waals surface area contributed by atoms with Gasteiger partial charge >= 0.3 is 6.18 Å². The van der Waals surface area contributed by atoms with E-state index < -0.39 is 11.7 Å². The maximum atomic E-state index is 12.7. The first-order valence-corrected chi connectivity index (χ1v) is 5.89. The first-order valence-electron chi connectivity index (χ1n) is 5.52. The summed E-state index contributed by atoms with van der Waals surface area (Å²) in [4.78, 5) is 3.92. The Hall–Kier alpha value is -1.53. The van der Waals surface area contributed by atoms with Crippen LogP contribution in [0.2, 0.25) is 5.02 Å². The molecule has 0 saturated carbocycles. The van der Waals surface area contributed by atoms with Crippen LogP contribution in [0.4, 0.5) is 13.2 Å². The van der Waals surface area contributed by atoms with Crippen molar-refractivity contribution < 1.29 is 13.2 Å². The Morgan fingerprint density at radius 3 is 2.68 bits per heavy atom. The first-order chi connectivity index (χ1) is 8.93. The number of nitrogens with zero attached hydrogens (tertiary/aromatic N) is 2. The van der Waals surface area contributed by atoms with Crippen LogP contribution in [0.1, 0.15) is 11.3 Å². The van der Waals surface area contributed by atoms with Crippen LogP contribution in [0.25, 0.3) is 5.69 Å². The number of alkyl halides is 3. The van der Waals surface area contributed by atoms with Crippen molar-refractivity contribution in [3.63, 3.8) is 0 Å². The summed E-state index contributed by atoms with van der Waals surface area (Å²) >= 11 is 5.96. The lowest BCUT2D eigenvalue weighted by Gasteiger charge is -2.13. The van der Waals surface area contributed by atoms with Gasteiger partial charge in [-0.1, -0.05) is 11.6 Å². The summed E-state index contributed by atoms with van der Waals surface area (Å²) in [6.07, 6.45) is -0.920. The maximum Gasteiger partial charge on any atom is 0.416 e. The van der Waals surface area contributed by atoms with Crippen LogP contribution in [0, 0.1) is 0 Å². The molecular formula is C12H11ClF3N3. The molecule has 1 aromatic heterocycles. The van der Waals surface area contributed by atoms with Crippen LogP contribution in [0.15, 0.2) is 30.7 Å².